The fourth-order valence-corrected chi connectivity index (χ4v) is 3.87. The predicted molar refractivity (Wildman–Crippen MR) is 108 cm³/mol. The van der Waals surface area contributed by atoms with E-state index >= 15 is 0 Å². The van der Waals surface area contributed by atoms with Gasteiger partial charge in [0.25, 0.3) is 5.56 Å². The molecular formula is C20H17F3N4O2S. The first-order chi connectivity index (χ1) is 14.3. The molecule has 0 atom stereocenters. The number of hydrogen-bond acceptors (Lipinski definition) is 5. The summed E-state index contributed by atoms with van der Waals surface area (Å²) in [7, 11) is 0. The molecule has 156 valence electrons. The van der Waals surface area contributed by atoms with Crippen LogP contribution in [0.2, 0.25) is 0 Å². The second-order valence-corrected chi connectivity index (χ2v) is 7.69. The summed E-state index contributed by atoms with van der Waals surface area (Å²) >= 11 is 1.22. The molecule has 0 saturated heterocycles. The van der Waals surface area contributed by atoms with E-state index in [4.69, 9.17) is 0 Å². The van der Waals surface area contributed by atoms with E-state index in [-0.39, 0.29) is 17.9 Å². The second-order valence-electron chi connectivity index (χ2n) is 6.63. The standard InChI is InChI=1S/C20H17F3N4O2S/c1-13-6-8-14(9-7-13)26-17(28)15-4-2-3-5-16(15)27-18(26)24-25-19(27)30-11-10-29-12-20(21,22)23/h2-9H,10-12H2,1H3. The highest BCUT2D eigenvalue weighted by atomic mass is 32.2. The molecule has 4 aromatic rings. The van der Waals surface area contributed by atoms with Crippen LogP contribution in [0.4, 0.5) is 13.2 Å². The third-order valence-corrected chi connectivity index (χ3v) is 5.30. The first kappa shape index (κ1) is 20.4. The SMILES string of the molecule is Cc1ccc(-n2c(=O)c3ccccc3n3c(SCCOCC(F)(F)F)nnc23)cc1. The highest BCUT2D eigenvalue weighted by molar-refractivity contribution is 7.99. The lowest BCUT2D eigenvalue weighted by atomic mass is 10.2. The first-order valence-corrected chi connectivity index (χ1v) is 10.1. The van der Waals surface area contributed by atoms with E-state index in [9.17, 15) is 18.0 Å². The summed E-state index contributed by atoms with van der Waals surface area (Å²) in [6.07, 6.45) is -4.35. The molecule has 4 rings (SSSR count). The van der Waals surface area contributed by atoms with E-state index in [1.807, 2.05) is 31.2 Å². The van der Waals surface area contributed by atoms with Crippen molar-refractivity contribution < 1.29 is 17.9 Å². The van der Waals surface area contributed by atoms with Gasteiger partial charge in [-0.2, -0.15) is 13.2 Å². The highest BCUT2D eigenvalue weighted by Gasteiger charge is 2.27. The van der Waals surface area contributed by atoms with Gasteiger partial charge in [-0.1, -0.05) is 41.6 Å². The number of aromatic nitrogens is 4. The van der Waals surface area contributed by atoms with Gasteiger partial charge >= 0.3 is 6.18 Å². The number of ether oxygens (including phenoxy) is 1. The van der Waals surface area contributed by atoms with Crippen LogP contribution in [-0.4, -0.2) is 44.3 Å². The van der Waals surface area contributed by atoms with Crippen LogP contribution in [0.5, 0.6) is 0 Å². The van der Waals surface area contributed by atoms with E-state index in [0.717, 1.165) is 5.56 Å². The van der Waals surface area contributed by atoms with Crippen molar-refractivity contribution in [1.82, 2.24) is 19.2 Å². The summed E-state index contributed by atoms with van der Waals surface area (Å²) in [5, 5.41) is 9.33. The summed E-state index contributed by atoms with van der Waals surface area (Å²) < 4.78 is 44.5. The Kier molecular flexibility index (Phi) is 5.52. The maximum Gasteiger partial charge on any atom is 0.411 e. The van der Waals surface area contributed by atoms with Gasteiger partial charge in [-0.3, -0.25) is 9.20 Å². The van der Waals surface area contributed by atoms with Crippen LogP contribution in [0, 0.1) is 6.92 Å². The van der Waals surface area contributed by atoms with Gasteiger partial charge in [-0.25, -0.2) is 4.57 Å². The van der Waals surface area contributed by atoms with Crippen LogP contribution >= 0.6 is 11.8 Å². The van der Waals surface area contributed by atoms with Crippen LogP contribution in [-0.2, 0) is 4.74 Å². The summed E-state index contributed by atoms with van der Waals surface area (Å²) in [4.78, 5) is 13.2. The van der Waals surface area contributed by atoms with Crippen molar-refractivity contribution in [2.75, 3.05) is 19.0 Å². The van der Waals surface area contributed by atoms with Crippen molar-refractivity contribution in [3.8, 4) is 5.69 Å². The number of thioether (sulfide) groups is 1. The topological polar surface area (TPSA) is 61.4 Å². The minimum Gasteiger partial charge on any atom is -0.371 e. The number of aryl methyl sites for hydroxylation is 1. The Hall–Kier alpha value is -2.85. The van der Waals surface area contributed by atoms with Crippen molar-refractivity contribution >= 4 is 28.4 Å². The zero-order valence-corrected chi connectivity index (χ0v) is 16.7. The summed E-state index contributed by atoms with van der Waals surface area (Å²) in [6, 6.07) is 14.6. The summed E-state index contributed by atoms with van der Waals surface area (Å²) in [5.41, 5.74) is 2.11. The zero-order chi connectivity index (χ0) is 21.3. The molecule has 0 spiro atoms. The molecule has 0 aliphatic heterocycles. The van der Waals surface area contributed by atoms with E-state index in [0.29, 0.717) is 27.5 Å². The van der Waals surface area contributed by atoms with Gasteiger partial charge in [0.1, 0.15) is 6.61 Å². The van der Waals surface area contributed by atoms with Crippen LogP contribution in [0.15, 0.2) is 58.5 Å². The van der Waals surface area contributed by atoms with Gasteiger partial charge in [-0.15, -0.1) is 10.2 Å². The van der Waals surface area contributed by atoms with Gasteiger partial charge in [0.15, 0.2) is 5.16 Å². The van der Waals surface area contributed by atoms with Crippen molar-refractivity contribution in [3.05, 3.63) is 64.4 Å². The van der Waals surface area contributed by atoms with Crippen LogP contribution in [0.25, 0.3) is 22.4 Å². The monoisotopic (exact) mass is 434 g/mol. The van der Waals surface area contributed by atoms with Gasteiger partial charge in [0.2, 0.25) is 5.78 Å². The number of nitrogens with zero attached hydrogens (tertiary/aromatic N) is 4. The number of alkyl halides is 3. The van der Waals surface area contributed by atoms with Gasteiger partial charge in [0.05, 0.1) is 23.2 Å². The van der Waals surface area contributed by atoms with Gasteiger partial charge < -0.3 is 4.74 Å². The highest BCUT2D eigenvalue weighted by Crippen LogP contribution is 2.23. The second kappa shape index (κ2) is 8.11. The smallest absolute Gasteiger partial charge is 0.371 e. The number of hydrogen-bond donors (Lipinski definition) is 0. The Labute approximate surface area is 173 Å². The largest absolute Gasteiger partial charge is 0.411 e. The number of fused-ring (bicyclic) bond motifs is 3. The molecule has 2 aromatic carbocycles. The van der Waals surface area contributed by atoms with E-state index in [2.05, 4.69) is 14.9 Å². The Morgan fingerprint density at radius 2 is 1.80 bits per heavy atom. The molecule has 6 nitrogen and oxygen atoms in total. The molecule has 0 bridgehead atoms. The maximum atomic E-state index is 13.2. The summed E-state index contributed by atoms with van der Waals surface area (Å²) in [6.45, 7) is 0.577. The fraction of sp³-hybridized carbons (Fsp3) is 0.250. The minimum atomic E-state index is -4.35. The number of para-hydroxylation sites is 1. The Morgan fingerprint density at radius 3 is 2.53 bits per heavy atom. The normalized spacial score (nSPS) is 12.1. The van der Waals surface area contributed by atoms with E-state index in [1.54, 1.807) is 28.7 Å². The average molecular weight is 434 g/mol. The van der Waals surface area contributed by atoms with Gasteiger partial charge in [0, 0.05) is 5.75 Å². The Bertz CT molecular complexity index is 1250. The molecule has 30 heavy (non-hydrogen) atoms. The number of benzene rings is 2. The molecule has 0 aliphatic carbocycles. The van der Waals surface area contributed by atoms with E-state index in [1.165, 1.54) is 16.3 Å². The van der Waals surface area contributed by atoms with Crippen molar-refractivity contribution in [3.63, 3.8) is 0 Å². The van der Waals surface area contributed by atoms with Crippen LogP contribution in [0.1, 0.15) is 5.56 Å². The lowest BCUT2D eigenvalue weighted by molar-refractivity contribution is -0.172. The Balaban J connectivity index is 1.75. The molecule has 10 heteroatoms. The minimum absolute atomic E-state index is 0.0887. The molecule has 0 fully saturated rings. The number of halogens is 3. The first-order valence-electron chi connectivity index (χ1n) is 9.08. The molecule has 0 unspecified atom stereocenters. The molecular weight excluding hydrogens is 417 g/mol. The average Bonchev–Trinajstić information content (AvgIpc) is 3.12. The van der Waals surface area contributed by atoms with Crippen LogP contribution < -0.4 is 5.56 Å². The number of rotatable bonds is 6. The lowest BCUT2D eigenvalue weighted by Crippen LogP contribution is -2.21. The molecule has 0 saturated carbocycles. The molecule has 2 aromatic heterocycles. The molecule has 2 heterocycles. The quantitative estimate of drug-likeness (QED) is 0.339. The molecule has 0 aliphatic rings. The van der Waals surface area contributed by atoms with Crippen molar-refractivity contribution in [2.45, 2.75) is 18.3 Å². The van der Waals surface area contributed by atoms with E-state index < -0.39 is 12.8 Å². The molecule has 0 radical (unpaired) electrons. The molecule has 0 N–H and O–H groups in total. The molecule has 0 amide bonds. The third-order valence-electron chi connectivity index (χ3n) is 4.41. The maximum absolute atomic E-state index is 13.2. The van der Waals surface area contributed by atoms with Crippen molar-refractivity contribution in [2.24, 2.45) is 0 Å². The van der Waals surface area contributed by atoms with Crippen LogP contribution in [0.3, 0.4) is 0 Å². The predicted octanol–water partition coefficient (Wildman–Crippen LogP) is 4.01. The lowest BCUT2D eigenvalue weighted by Gasteiger charge is -2.11. The van der Waals surface area contributed by atoms with Gasteiger partial charge in [-0.05, 0) is 31.2 Å². The Morgan fingerprint density at radius 1 is 1.07 bits per heavy atom. The zero-order valence-electron chi connectivity index (χ0n) is 15.9. The summed E-state index contributed by atoms with van der Waals surface area (Å²) in [5.74, 6) is 0.593. The third kappa shape index (κ3) is 4.05. The van der Waals surface area contributed by atoms with Crippen molar-refractivity contribution in [1.29, 1.82) is 0 Å². The fourth-order valence-electron chi connectivity index (χ4n) is 3.08.